The second kappa shape index (κ2) is 6.39. The molecular formula is C15H15ClN2O2. The summed E-state index contributed by atoms with van der Waals surface area (Å²) in [5.41, 5.74) is 2.36. The van der Waals surface area contributed by atoms with Gasteiger partial charge in [-0.25, -0.2) is 0 Å². The number of pyridine rings is 1. The predicted octanol–water partition coefficient (Wildman–Crippen LogP) is 2.98. The summed E-state index contributed by atoms with van der Waals surface area (Å²) in [6.07, 6.45) is 3.38. The lowest BCUT2D eigenvalue weighted by atomic mass is 10.1. The zero-order valence-electron chi connectivity index (χ0n) is 11.3. The Labute approximate surface area is 122 Å². The minimum atomic E-state index is -0.163. The van der Waals surface area contributed by atoms with E-state index in [2.05, 4.69) is 10.3 Å². The lowest BCUT2D eigenvalue weighted by Gasteiger charge is -2.10. The number of halogens is 1. The number of ether oxygens (including phenoxy) is 1. The number of rotatable bonds is 4. The molecule has 0 spiro atoms. The molecule has 20 heavy (non-hydrogen) atoms. The molecule has 1 N–H and O–H groups in total. The average molecular weight is 291 g/mol. The van der Waals surface area contributed by atoms with Crippen molar-refractivity contribution in [3.05, 3.63) is 58.4 Å². The van der Waals surface area contributed by atoms with Gasteiger partial charge in [0.2, 0.25) is 0 Å². The van der Waals surface area contributed by atoms with E-state index in [1.165, 1.54) is 0 Å². The number of hydrogen-bond acceptors (Lipinski definition) is 3. The molecule has 0 saturated carbocycles. The van der Waals surface area contributed by atoms with Crippen molar-refractivity contribution in [2.45, 2.75) is 13.5 Å². The van der Waals surface area contributed by atoms with Crippen LogP contribution in [-0.2, 0) is 6.54 Å². The third-order valence-electron chi connectivity index (χ3n) is 2.95. The highest BCUT2D eigenvalue weighted by atomic mass is 35.5. The third kappa shape index (κ3) is 3.27. The fraction of sp³-hybridized carbons (Fsp3) is 0.200. The molecule has 0 aliphatic carbocycles. The fourth-order valence-electron chi connectivity index (χ4n) is 1.83. The molecule has 0 unspecified atom stereocenters. The van der Waals surface area contributed by atoms with Crippen LogP contribution in [0.1, 0.15) is 21.5 Å². The smallest absolute Gasteiger partial charge is 0.251 e. The number of methoxy groups -OCH3 is 1. The van der Waals surface area contributed by atoms with Gasteiger partial charge in [-0.15, -0.1) is 0 Å². The summed E-state index contributed by atoms with van der Waals surface area (Å²) in [4.78, 5) is 16.1. The molecule has 2 rings (SSSR count). The minimum Gasteiger partial charge on any atom is -0.495 e. The Kier molecular flexibility index (Phi) is 4.58. The molecule has 0 fully saturated rings. The van der Waals surface area contributed by atoms with Crippen molar-refractivity contribution in [1.82, 2.24) is 10.3 Å². The van der Waals surface area contributed by atoms with Crippen molar-refractivity contribution in [3.63, 3.8) is 0 Å². The quantitative estimate of drug-likeness (QED) is 0.942. The molecule has 4 nitrogen and oxygen atoms in total. The van der Waals surface area contributed by atoms with Gasteiger partial charge in [-0.2, -0.15) is 0 Å². The second-order valence-electron chi connectivity index (χ2n) is 4.34. The van der Waals surface area contributed by atoms with Crippen LogP contribution in [0.5, 0.6) is 5.75 Å². The van der Waals surface area contributed by atoms with Gasteiger partial charge in [0.25, 0.3) is 5.91 Å². The Hall–Kier alpha value is -2.07. The Morgan fingerprint density at radius 1 is 1.35 bits per heavy atom. The van der Waals surface area contributed by atoms with Gasteiger partial charge >= 0.3 is 0 Å². The summed E-state index contributed by atoms with van der Waals surface area (Å²) in [5, 5.41) is 3.28. The number of hydrogen-bond donors (Lipinski definition) is 1. The first-order valence-corrected chi connectivity index (χ1v) is 6.51. The first kappa shape index (κ1) is 14.3. The van der Waals surface area contributed by atoms with Crippen LogP contribution in [0.25, 0.3) is 0 Å². The number of benzene rings is 1. The summed E-state index contributed by atoms with van der Waals surface area (Å²) >= 11 is 6.05. The topological polar surface area (TPSA) is 51.2 Å². The van der Waals surface area contributed by atoms with Crippen LogP contribution < -0.4 is 10.1 Å². The molecule has 1 heterocycles. The van der Waals surface area contributed by atoms with Crippen molar-refractivity contribution < 1.29 is 9.53 Å². The number of aryl methyl sites for hydroxylation is 1. The van der Waals surface area contributed by atoms with Gasteiger partial charge in [-0.05, 0) is 42.3 Å². The highest BCUT2D eigenvalue weighted by Crippen LogP contribution is 2.27. The largest absolute Gasteiger partial charge is 0.495 e. The Bertz CT molecular complexity index is 615. The standard InChI is InChI=1S/C15H15ClN2O2/c1-10-7-14(20-2)13(16)8-12(10)15(19)18-9-11-3-5-17-6-4-11/h3-8H,9H2,1-2H3,(H,18,19). The number of aromatic nitrogens is 1. The first-order valence-electron chi connectivity index (χ1n) is 6.13. The lowest BCUT2D eigenvalue weighted by Crippen LogP contribution is -2.23. The van der Waals surface area contributed by atoms with E-state index in [0.29, 0.717) is 22.9 Å². The van der Waals surface area contributed by atoms with Gasteiger partial charge in [0.05, 0.1) is 12.1 Å². The van der Waals surface area contributed by atoms with E-state index in [9.17, 15) is 4.79 Å². The SMILES string of the molecule is COc1cc(C)c(C(=O)NCc2ccncc2)cc1Cl. The minimum absolute atomic E-state index is 0.163. The zero-order chi connectivity index (χ0) is 14.5. The van der Waals surface area contributed by atoms with E-state index in [1.807, 2.05) is 19.1 Å². The molecule has 104 valence electrons. The van der Waals surface area contributed by atoms with Crippen LogP contribution in [0, 0.1) is 6.92 Å². The van der Waals surface area contributed by atoms with Gasteiger partial charge in [0.1, 0.15) is 5.75 Å². The lowest BCUT2D eigenvalue weighted by molar-refractivity contribution is 0.0950. The van der Waals surface area contributed by atoms with E-state index in [-0.39, 0.29) is 5.91 Å². The Morgan fingerprint density at radius 3 is 2.70 bits per heavy atom. The van der Waals surface area contributed by atoms with Gasteiger partial charge in [-0.3, -0.25) is 9.78 Å². The highest BCUT2D eigenvalue weighted by molar-refractivity contribution is 6.32. The highest BCUT2D eigenvalue weighted by Gasteiger charge is 2.12. The molecule has 1 aromatic carbocycles. The zero-order valence-corrected chi connectivity index (χ0v) is 12.1. The first-order chi connectivity index (χ1) is 9.61. The van der Waals surface area contributed by atoms with E-state index >= 15 is 0 Å². The van der Waals surface area contributed by atoms with Crippen LogP contribution in [0.3, 0.4) is 0 Å². The van der Waals surface area contributed by atoms with Crippen molar-refractivity contribution >= 4 is 17.5 Å². The number of amides is 1. The van der Waals surface area contributed by atoms with Crippen LogP contribution >= 0.6 is 11.6 Å². The van der Waals surface area contributed by atoms with Crippen molar-refractivity contribution in [3.8, 4) is 5.75 Å². The molecule has 1 amide bonds. The van der Waals surface area contributed by atoms with Crippen molar-refractivity contribution in [2.75, 3.05) is 7.11 Å². The van der Waals surface area contributed by atoms with Crippen LogP contribution in [-0.4, -0.2) is 18.0 Å². The molecular weight excluding hydrogens is 276 g/mol. The van der Waals surface area contributed by atoms with E-state index in [0.717, 1.165) is 11.1 Å². The van der Waals surface area contributed by atoms with Gasteiger partial charge in [-0.1, -0.05) is 11.6 Å². The molecule has 0 aliphatic rings. The fourth-order valence-corrected chi connectivity index (χ4v) is 2.08. The molecule has 0 atom stereocenters. The number of carbonyl (C=O) groups is 1. The van der Waals surface area contributed by atoms with Gasteiger partial charge in [0, 0.05) is 24.5 Å². The van der Waals surface area contributed by atoms with Crippen LogP contribution in [0.4, 0.5) is 0 Å². The maximum absolute atomic E-state index is 12.2. The summed E-state index contributed by atoms with van der Waals surface area (Å²) in [5.74, 6) is 0.402. The van der Waals surface area contributed by atoms with Gasteiger partial charge in [0.15, 0.2) is 0 Å². The van der Waals surface area contributed by atoms with Gasteiger partial charge < -0.3 is 10.1 Å². The molecule has 2 aromatic rings. The van der Waals surface area contributed by atoms with Crippen LogP contribution in [0.15, 0.2) is 36.7 Å². The molecule has 1 aromatic heterocycles. The van der Waals surface area contributed by atoms with E-state index in [1.54, 1.807) is 31.6 Å². The Morgan fingerprint density at radius 2 is 2.05 bits per heavy atom. The summed E-state index contributed by atoms with van der Waals surface area (Å²) in [6, 6.07) is 7.09. The number of carbonyl (C=O) groups excluding carboxylic acids is 1. The second-order valence-corrected chi connectivity index (χ2v) is 4.75. The maximum atomic E-state index is 12.2. The van der Waals surface area contributed by atoms with Crippen molar-refractivity contribution in [2.24, 2.45) is 0 Å². The number of nitrogens with one attached hydrogen (secondary N) is 1. The van der Waals surface area contributed by atoms with Crippen LogP contribution in [0.2, 0.25) is 5.02 Å². The maximum Gasteiger partial charge on any atom is 0.251 e. The summed E-state index contributed by atoms with van der Waals surface area (Å²) in [6.45, 7) is 2.30. The molecule has 0 saturated heterocycles. The average Bonchev–Trinajstić information content (AvgIpc) is 2.47. The molecule has 5 heteroatoms. The number of nitrogens with zero attached hydrogens (tertiary/aromatic N) is 1. The predicted molar refractivity (Wildman–Crippen MR) is 78.1 cm³/mol. The third-order valence-corrected chi connectivity index (χ3v) is 3.24. The molecule has 0 aliphatic heterocycles. The summed E-state index contributed by atoms with van der Waals surface area (Å²) in [7, 11) is 1.55. The molecule has 0 bridgehead atoms. The monoisotopic (exact) mass is 290 g/mol. The normalized spacial score (nSPS) is 10.2. The van der Waals surface area contributed by atoms with E-state index in [4.69, 9.17) is 16.3 Å². The Balaban J connectivity index is 2.11. The summed E-state index contributed by atoms with van der Waals surface area (Å²) < 4.78 is 5.12. The van der Waals surface area contributed by atoms with E-state index < -0.39 is 0 Å². The van der Waals surface area contributed by atoms with Crippen molar-refractivity contribution in [1.29, 1.82) is 0 Å². The molecule has 0 radical (unpaired) electrons.